The quantitative estimate of drug-likeness (QED) is 0.913. The molecule has 2 unspecified atom stereocenters. The molecule has 118 valence electrons. The minimum atomic E-state index is -0.0849. The molecule has 23 heavy (non-hydrogen) atoms. The first kappa shape index (κ1) is 14.1. The number of methoxy groups -OCH3 is 1. The van der Waals surface area contributed by atoms with E-state index in [0.29, 0.717) is 11.7 Å². The Morgan fingerprint density at radius 3 is 2.70 bits per heavy atom. The maximum absolute atomic E-state index is 9.91. The minimum Gasteiger partial charge on any atom is -0.504 e. The van der Waals surface area contributed by atoms with Crippen LogP contribution in [0.1, 0.15) is 17.5 Å². The van der Waals surface area contributed by atoms with E-state index < -0.39 is 0 Å². The summed E-state index contributed by atoms with van der Waals surface area (Å²) in [6.45, 7) is 1.78. The van der Waals surface area contributed by atoms with Crippen LogP contribution < -0.4 is 10.1 Å². The van der Waals surface area contributed by atoms with Gasteiger partial charge in [0.2, 0.25) is 0 Å². The molecule has 4 heteroatoms. The highest BCUT2D eigenvalue weighted by atomic mass is 16.5. The number of aliphatic imine (C=N–C) groups is 1. The van der Waals surface area contributed by atoms with Gasteiger partial charge >= 0.3 is 0 Å². The minimum absolute atomic E-state index is 0.0849. The Balaban J connectivity index is 1.81. The van der Waals surface area contributed by atoms with E-state index in [9.17, 15) is 5.11 Å². The molecule has 0 bridgehead atoms. The molecule has 2 aromatic carbocycles. The topological polar surface area (TPSA) is 53.8 Å². The Morgan fingerprint density at radius 2 is 2.00 bits per heavy atom. The Hall–Kier alpha value is -2.49. The second-order valence-electron chi connectivity index (χ2n) is 6.17. The molecule has 4 nitrogen and oxygen atoms in total. The molecule has 1 aliphatic carbocycles. The maximum Gasteiger partial charge on any atom is 0.160 e. The van der Waals surface area contributed by atoms with Gasteiger partial charge in [-0.05, 0) is 29.7 Å². The molecule has 2 N–H and O–H groups in total. The van der Waals surface area contributed by atoms with Crippen molar-refractivity contribution in [1.29, 1.82) is 0 Å². The third-order valence-electron chi connectivity index (χ3n) is 4.97. The smallest absolute Gasteiger partial charge is 0.160 e. The van der Waals surface area contributed by atoms with Crippen LogP contribution in [0, 0.1) is 5.92 Å². The van der Waals surface area contributed by atoms with E-state index in [1.807, 2.05) is 18.2 Å². The first-order chi connectivity index (χ1) is 11.3. The van der Waals surface area contributed by atoms with Gasteiger partial charge in [0.1, 0.15) is 5.84 Å². The third-order valence-corrected chi connectivity index (χ3v) is 4.97. The van der Waals surface area contributed by atoms with E-state index in [2.05, 4.69) is 34.6 Å². The molecule has 0 amide bonds. The predicted molar refractivity (Wildman–Crippen MR) is 90.3 cm³/mol. The number of hydrogen-bond donors (Lipinski definition) is 2. The molecule has 0 radical (unpaired) electrons. The van der Waals surface area contributed by atoms with Gasteiger partial charge < -0.3 is 15.2 Å². The fourth-order valence-electron chi connectivity index (χ4n) is 3.74. The highest BCUT2D eigenvalue weighted by Crippen LogP contribution is 2.60. The van der Waals surface area contributed by atoms with E-state index in [1.54, 1.807) is 13.2 Å². The van der Waals surface area contributed by atoms with Crippen LogP contribution in [-0.2, 0) is 5.41 Å². The van der Waals surface area contributed by atoms with Gasteiger partial charge in [0.05, 0.1) is 13.7 Å². The molecule has 4 rings (SSSR count). The van der Waals surface area contributed by atoms with Gasteiger partial charge in [0.25, 0.3) is 0 Å². The van der Waals surface area contributed by atoms with E-state index in [0.717, 1.165) is 25.3 Å². The molecule has 2 aliphatic rings. The van der Waals surface area contributed by atoms with Crippen molar-refractivity contribution in [2.75, 3.05) is 20.2 Å². The Bertz CT molecular complexity index is 757. The van der Waals surface area contributed by atoms with Crippen molar-refractivity contribution in [3.63, 3.8) is 0 Å². The van der Waals surface area contributed by atoms with Gasteiger partial charge in [0.15, 0.2) is 11.5 Å². The molecule has 2 aromatic rings. The summed E-state index contributed by atoms with van der Waals surface area (Å²) in [6.07, 6.45) is 1.02. The largest absolute Gasteiger partial charge is 0.504 e. The standard InChI is InChI=1S/C19H20N2O2/c1-23-17-11-14(7-8-16(17)22)19(13-5-3-2-4-6-13)12-15(19)18-20-9-10-21-18/h2-8,11,15,22H,9-10,12H2,1H3,(H,20,21). The highest BCUT2D eigenvalue weighted by Gasteiger charge is 2.59. The molecule has 1 aliphatic heterocycles. The summed E-state index contributed by atoms with van der Waals surface area (Å²) in [6, 6.07) is 16.2. The van der Waals surface area contributed by atoms with Crippen LogP contribution >= 0.6 is 0 Å². The van der Waals surface area contributed by atoms with Crippen molar-refractivity contribution in [2.45, 2.75) is 11.8 Å². The zero-order valence-electron chi connectivity index (χ0n) is 13.1. The number of hydrogen-bond acceptors (Lipinski definition) is 4. The number of phenols is 1. The Kier molecular flexibility index (Phi) is 3.26. The molecule has 0 spiro atoms. The van der Waals surface area contributed by atoms with E-state index >= 15 is 0 Å². The summed E-state index contributed by atoms with van der Waals surface area (Å²) in [5.41, 5.74) is 2.37. The lowest BCUT2D eigenvalue weighted by molar-refractivity contribution is 0.372. The van der Waals surface area contributed by atoms with Crippen molar-refractivity contribution >= 4 is 5.84 Å². The molecular formula is C19H20N2O2. The number of benzene rings is 2. The van der Waals surface area contributed by atoms with Crippen molar-refractivity contribution in [3.05, 3.63) is 59.7 Å². The monoisotopic (exact) mass is 308 g/mol. The number of nitrogens with one attached hydrogen (secondary N) is 1. The lowest BCUT2D eigenvalue weighted by Crippen LogP contribution is -2.25. The number of nitrogens with zero attached hydrogens (tertiary/aromatic N) is 1. The van der Waals surface area contributed by atoms with Gasteiger partial charge in [-0.1, -0.05) is 36.4 Å². The fourth-order valence-corrected chi connectivity index (χ4v) is 3.74. The normalized spacial score (nSPS) is 25.6. The summed E-state index contributed by atoms with van der Waals surface area (Å²) >= 11 is 0. The van der Waals surface area contributed by atoms with Crippen molar-refractivity contribution < 1.29 is 9.84 Å². The summed E-state index contributed by atoms with van der Waals surface area (Å²) in [7, 11) is 1.58. The molecule has 1 heterocycles. The number of phenolic OH excluding ortho intramolecular Hbond substituents is 1. The summed E-state index contributed by atoms with van der Waals surface area (Å²) in [4.78, 5) is 4.63. The van der Waals surface area contributed by atoms with Crippen LogP contribution in [0.2, 0.25) is 0 Å². The second-order valence-corrected chi connectivity index (χ2v) is 6.17. The third kappa shape index (κ3) is 2.17. The highest BCUT2D eigenvalue weighted by molar-refractivity contribution is 5.92. The first-order valence-electron chi connectivity index (χ1n) is 7.97. The average Bonchev–Trinajstić information content (AvgIpc) is 3.12. The van der Waals surface area contributed by atoms with Gasteiger partial charge in [-0.25, -0.2) is 0 Å². The zero-order valence-corrected chi connectivity index (χ0v) is 13.1. The van der Waals surface area contributed by atoms with Crippen LogP contribution in [0.4, 0.5) is 0 Å². The lowest BCUT2D eigenvalue weighted by Gasteiger charge is -2.20. The van der Waals surface area contributed by atoms with Gasteiger partial charge in [-0.2, -0.15) is 0 Å². The molecular weight excluding hydrogens is 288 g/mol. The summed E-state index contributed by atoms with van der Waals surface area (Å²) in [5.74, 6) is 2.17. The van der Waals surface area contributed by atoms with Crippen LogP contribution in [0.15, 0.2) is 53.5 Å². The number of amidine groups is 1. The lowest BCUT2D eigenvalue weighted by atomic mass is 9.85. The average molecular weight is 308 g/mol. The fraction of sp³-hybridized carbons (Fsp3) is 0.316. The first-order valence-corrected chi connectivity index (χ1v) is 7.97. The van der Waals surface area contributed by atoms with Crippen LogP contribution in [-0.4, -0.2) is 31.1 Å². The van der Waals surface area contributed by atoms with Crippen molar-refractivity contribution in [2.24, 2.45) is 10.9 Å². The van der Waals surface area contributed by atoms with Gasteiger partial charge in [-0.3, -0.25) is 4.99 Å². The molecule has 0 aromatic heterocycles. The Morgan fingerprint density at radius 1 is 1.17 bits per heavy atom. The molecule has 0 saturated heterocycles. The molecule has 2 atom stereocenters. The number of ether oxygens (including phenoxy) is 1. The maximum atomic E-state index is 9.91. The second kappa shape index (κ2) is 5.30. The van der Waals surface area contributed by atoms with Gasteiger partial charge in [-0.15, -0.1) is 0 Å². The predicted octanol–water partition coefficient (Wildman–Crippen LogP) is 2.71. The summed E-state index contributed by atoms with van der Waals surface area (Å²) < 4.78 is 5.31. The number of rotatable bonds is 4. The van der Waals surface area contributed by atoms with Crippen LogP contribution in [0.5, 0.6) is 11.5 Å². The van der Waals surface area contributed by atoms with Crippen LogP contribution in [0.3, 0.4) is 0 Å². The van der Waals surface area contributed by atoms with Gasteiger partial charge in [0, 0.05) is 17.9 Å². The molecule has 1 saturated carbocycles. The van der Waals surface area contributed by atoms with E-state index in [4.69, 9.17) is 4.74 Å². The van der Waals surface area contributed by atoms with E-state index in [1.165, 1.54) is 11.1 Å². The van der Waals surface area contributed by atoms with Crippen molar-refractivity contribution in [3.8, 4) is 11.5 Å². The van der Waals surface area contributed by atoms with E-state index in [-0.39, 0.29) is 11.2 Å². The van der Waals surface area contributed by atoms with Crippen LogP contribution in [0.25, 0.3) is 0 Å². The van der Waals surface area contributed by atoms with Crippen molar-refractivity contribution in [1.82, 2.24) is 5.32 Å². The summed E-state index contributed by atoms with van der Waals surface area (Å²) in [5, 5.41) is 13.3. The molecule has 1 fully saturated rings. The SMILES string of the molecule is COc1cc(C2(c3ccccc3)CC2C2=NCCN2)ccc1O. The Labute approximate surface area is 135 Å². The number of aromatic hydroxyl groups is 1. The zero-order chi connectivity index (χ0) is 15.9.